The molecule has 0 saturated carbocycles. The molecule has 180 valence electrons. The number of nitrogens with zero attached hydrogens (tertiary/aromatic N) is 5. The van der Waals surface area contributed by atoms with Crippen LogP contribution in [0.25, 0.3) is 10.3 Å². The molecule has 2 aliphatic rings. The van der Waals surface area contributed by atoms with Crippen LogP contribution in [0.2, 0.25) is 0 Å². The molecule has 2 aliphatic heterocycles. The number of amides is 1. The Morgan fingerprint density at radius 2 is 1.91 bits per heavy atom. The van der Waals surface area contributed by atoms with Gasteiger partial charge in [-0.1, -0.05) is 11.3 Å². The van der Waals surface area contributed by atoms with Gasteiger partial charge in [-0.15, -0.1) is 0 Å². The topological polar surface area (TPSA) is 64.6 Å². The Bertz CT molecular complexity index is 1070. The van der Waals surface area contributed by atoms with Crippen LogP contribution in [0.4, 0.5) is 15.2 Å². The smallest absolute Gasteiger partial charge is 0.224 e. The highest BCUT2D eigenvalue weighted by molar-refractivity contribution is 7.21. The van der Waals surface area contributed by atoms with Gasteiger partial charge in [-0.05, 0) is 62.2 Å². The molecule has 9 heteroatoms. The van der Waals surface area contributed by atoms with Crippen molar-refractivity contribution in [1.82, 2.24) is 20.2 Å². The van der Waals surface area contributed by atoms with Crippen molar-refractivity contribution in [2.45, 2.75) is 19.3 Å². The zero-order valence-corrected chi connectivity index (χ0v) is 20.1. The van der Waals surface area contributed by atoms with Crippen molar-refractivity contribution in [3.63, 3.8) is 0 Å². The maximum Gasteiger partial charge on any atom is 0.224 e. The number of hydrogen-bond donors (Lipinski definition) is 1. The summed E-state index contributed by atoms with van der Waals surface area (Å²) in [5.41, 5.74) is 2.00. The largest absolute Gasteiger partial charge is 0.369 e. The lowest BCUT2D eigenvalue weighted by atomic mass is 9.97. The Labute approximate surface area is 203 Å². The van der Waals surface area contributed by atoms with Crippen LogP contribution >= 0.6 is 11.3 Å². The van der Waals surface area contributed by atoms with Gasteiger partial charge in [-0.3, -0.25) is 9.69 Å². The molecule has 3 aromatic rings. The van der Waals surface area contributed by atoms with Crippen LogP contribution in [0.5, 0.6) is 0 Å². The Kier molecular flexibility index (Phi) is 7.20. The SMILES string of the molecule is O=C(NCCCN1CCN(c2ccc(F)cc2)CC1)C1CCCN(c2nc3cccnc3s2)C1. The molecule has 1 unspecified atom stereocenters. The quantitative estimate of drug-likeness (QED) is 0.521. The van der Waals surface area contributed by atoms with Gasteiger partial charge in [0.15, 0.2) is 5.13 Å². The normalized spacial score (nSPS) is 19.5. The van der Waals surface area contributed by atoms with Gasteiger partial charge >= 0.3 is 0 Å². The van der Waals surface area contributed by atoms with Gasteiger partial charge in [-0.25, -0.2) is 14.4 Å². The molecule has 1 amide bonds. The van der Waals surface area contributed by atoms with E-state index in [1.807, 2.05) is 24.3 Å². The molecule has 0 bridgehead atoms. The summed E-state index contributed by atoms with van der Waals surface area (Å²) in [7, 11) is 0. The fourth-order valence-corrected chi connectivity index (χ4v) is 5.74. The Hall–Kier alpha value is -2.78. The first-order valence-electron chi connectivity index (χ1n) is 12.1. The predicted octanol–water partition coefficient (Wildman–Crippen LogP) is 3.38. The van der Waals surface area contributed by atoms with E-state index in [0.717, 1.165) is 86.2 Å². The summed E-state index contributed by atoms with van der Waals surface area (Å²) < 4.78 is 13.1. The number of carbonyl (C=O) groups is 1. The first kappa shape index (κ1) is 23.0. The number of carbonyl (C=O) groups excluding carboxylic acids is 1. The first-order valence-corrected chi connectivity index (χ1v) is 12.9. The van der Waals surface area contributed by atoms with Crippen LogP contribution < -0.4 is 15.1 Å². The van der Waals surface area contributed by atoms with Crippen molar-refractivity contribution in [3.05, 3.63) is 48.4 Å². The molecule has 1 aromatic carbocycles. The summed E-state index contributed by atoms with van der Waals surface area (Å²) >= 11 is 1.60. The van der Waals surface area contributed by atoms with Crippen molar-refractivity contribution >= 4 is 38.4 Å². The number of hydrogen-bond acceptors (Lipinski definition) is 7. The number of nitrogens with one attached hydrogen (secondary N) is 1. The molecular weight excluding hydrogens is 451 g/mol. The number of aromatic nitrogens is 2. The summed E-state index contributed by atoms with van der Waals surface area (Å²) in [5.74, 6) is -0.0301. The second-order valence-corrected chi connectivity index (χ2v) is 10.0. The van der Waals surface area contributed by atoms with Crippen LogP contribution in [0.3, 0.4) is 0 Å². The van der Waals surface area contributed by atoms with E-state index in [1.165, 1.54) is 12.1 Å². The number of anilines is 2. The minimum Gasteiger partial charge on any atom is -0.369 e. The number of rotatable bonds is 7. The Balaban J connectivity index is 1.02. The highest BCUT2D eigenvalue weighted by Crippen LogP contribution is 2.30. The van der Waals surface area contributed by atoms with Crippen molar-refractivity contribution in [2.75, 3.05) is 62.2 Å². The number of piperazine rings is 1. The number of benzene rings is 1. The molecule has 1 atom stereocenters. The maximum absolute atomic E-state index is 13.1. The number of pyridine rings is 1. The summed E-state index contributed by atoms with van der Waals surface area (Å²) in [5, 5.41) is 4.13. The van der Waals surface area contributed by atoms with Gasteiger partial charge in [0, 0.05) is 57.7 Å². The van der Waals surface area contributed by atoms with Crippen molar-refractivity contribution < 1.29 is 9.18 Å². The second kappa shape index (κ2) is 10.7. The molecule has 1 N–H and O–H groups in total. The third kappa shape index (κ3) is 5.47. The monoisotopic (exact) mass is 482 g/mol. The van der Waals surface area contributed by atoms with Gasteiger partial charge in [0.1, 0.15) is 16.2 Å². The van der Waals surface area contributed by atoms with E-state index < -0.39 is 0 Å². The van der Waals surface area contributed by atoms with Gasteiger partial charge < -0.3 is 15.1 Å². The number of fused-ring (bicyclic) bond motifs is 1. The molecule has 0 radical (unpaired) electrons. The van der Waals surface area contributed by atoms with Crippen LogP contribution in [0.1, 0.15) is 19.3 Å². The van der Waals surface area contributed by atoms with E-state index >= 15 is 0 Å². The molecule has 34 heavy (non-hydrogen) atoms. The molecule has 2 fully saturated rings. The summed E-state index contributed by atoms with van der Waals surface area (Å²) in [6.07, 6.45) is 4.67. The van der Waals surface area contributed by atoms with E-state index in [9.17, 15) is 9.18 Å². The third-order valence-electron chi connectivity index (χ3n) is 6.73. The fourth-order valence-electron chi connectivity index (χ4n) is 4.80. The zero-order chi connectivity index (χ0) is 23.3. The molecule has 0 aliphatic carbocycles. The van der Waals surface area contributed by atoms with Crippen LogP contribution in [0, 0.1) is 11.7 Å². The van der Waals surface area contributed by atoms with E-state index in [1.54, 1.807) is 17.5 Å². The molecule has 2 saturated heterocycles. The maximum atomic E-state index is 13.1. The highest BCUT2D eigenvalue weighted by atomic mass is 32.1. The molecule has 5 rings (SSSR count). The van der Waals surface area contributed by atoms with Crippen molar-refractivity contribution in [1.29, 1.82) is 0 Å². The minimum absolute atomic E-state index is 0.00738. The average molecular weight is 483 g/mol. The van der Waals surface area contributed by atoms with E-state index in [0.29, 0.717) is 6.54 Å². The number of halogens is 1. The molecular formula is C25H31FN6OS. The van der Waals surface area contributed by atoms with Gasteiger partial charge in [0.05, 0.1) is 5.92 Å². The van der Waals surface area contributed by atoms with Gasteiger partial charge in [0.2, 0.25) is 5.91 Å². The molecule has 2 aromatic heterocycles. The highest BCUT2D eigenvalue weighted by Gasteiger charge is 2.27. The summed E-state index contributed by atoms with van der Waals surface area (Å²) in [4.78, 5) is 29.8. The predicted molar refractivity (Wildman–Crippen MR) is 135 cm³/mol. The van der Waals surface area contributed by atoms with Crippen LogP contribution in [-0.2, 0) is 4.79 Å². The zero-order valence-electron chi connectivity index (χ0n) is 19.3. The standard InChI is InChI=1S/C25H31FN6OS/c26-20-6-8-21(9-7-20)31-16-14-30(15-17-31)12-3-11-27-23(33)19-4-2-13-32(18-19)25-29-22-5-1-10-28-24(22)34-25/h1,5-10,19H,2-4,11-18H2,(H,27,33). The third-order valence-corrected chi connectivity index (χ3v) is 7.77. The molecule has 0 spiro atoms. The lowest BCUT2D eigenvalue weighted by Crippen LogP contribution is -2.47. The van der Waals surface area contributed by atoms with E-state index in [4.69, 9.17) is 4.98 Å². The Morgan fingerprint density at radius 3 is 2.71 bits per heavy atom. The van der Waals surface area contributed by atoms with E-state index in [2.05, 4.69) is 25.0 Å². The first-order chi connectivity index (χ1) is 16.7. The lowest BCUT2D eigenvalue weighted by Gasteiger charge is -2.36. The number of piperidine rings is 1. The van der Waals surface area contributed by atoms with Crippen LogP contribution in [0.15, 0.2) is 42.6 Å². The lowest BCUT2D eigenvalue weighted by molar-refractivity contribution is -0.125. The second-order valence-electron chi connectivity index (χ2n) is 9.06. The van der Waals surface area contributed by atoms with E-state index in [-0.39, 0.29) is 17.6 Å². The van der Waals surface area contributed by atoms with Crippen molar-refractivity contribution in [3.8, 4) is 0 Å². The minimum atomic E-state index is -0.195. The van der Waals surface area contributed by atoms with Gasteiger partial charge in [0.25, 0.3) is 0 Å². The van der Waals surface area contributed by atoms with Gasteiger partial charge in [-0.2, -0.15) is 0 Å². The Morgan fingerprint density at radius 1 is 1.09 bits per heavy atom. The number of thiazole rings is 1. The summed E-state index contributed by atoms with van der Waals surface area (Å²) in [6, 6.07) is 10.6. The average Bonchev–Trinajstić information content (AvgIpc) is 3.32. The van der Waals surface area contributed by atoms with Crippen LogP contribution in [-0.4, -0.2) is 73.1 Å². The molecule has 4 heterocycles. The summed E-state index contributed by atoms with van der Waals surface area (Å²) in [6.45, 7) is 7.20. The molecule has 7 nitrogen and oxygen atoms in total. The van der Waals surface area contributed by atoms with Crippen molar-refractivity contribution in [2.24, 2.45) is 5.92 Å². The fraction of sp³-hybridized carbons (Fsp3) is 0.480.